The van der Waals surface area contributed by atoms with E-state index in [9.17, 15) is 0 Å². The van der Waals surface area contributed by atoms with Crippen molar-refractivity contribution >= 4 is 17.8 Å². The van der Waals surface area contributed by atoms with E-state index in [4.69, 9.17) is 4.74 Å². The lowest BCUT2D eigenvalue weighted by atomic mass is 9.86. The maximum atomic E-state index is 5.25. The molecule has 0 aliphatic carbocycles. The summed E-state index contributed by atoms with van der Waals surface area (Å²) in [5.41, 5.74) is 2.57. The molecule has 70 valence electrons. The Balaban J connectivity index is 3.11. The Morgan fingerprint density at radius 1 is 1.23 bits per heavy atom. The summed E-state index contributed by atoms with van der Waals surface area (Å²) in [6, 6.07) is 7.96. The van der Waals surface area contributed by atoms with Crippen molar-refractivity contribution in [2.75, 3.05) is 0 Å². The van der Waals surface area contributed by atoms with Crippen LogP contribution in [0.3, 0.4) is 0 Å². The largest absolute Gasteiger partial charge is 0.453 e. The average molecular weight is 194 g/mol. The average Bonchev–Trinajstić information content (AvgIpc) is 2.04. The fourth-order valence-corrected chi connectivity index (χ4v) is 1.34. The Morgan fingerprint density at radius 2 is 1.85 bits per heavy atom. The van der Waals surface area contributed by atoms with Gasteiger partial charge in [-0.05, 0) is 23.7 Å². The van der Waals surface area contributed by atoms with Crippen molar-refractivity contribution in [3.05, 3.63) is 29.8 Å². The van der Waals surface area contributed by atoms with Gasteiger partial charge >= 0.3 is 0 Å². The molecule has 2 heteroatoms. The predicted octanol–water partition coefficient (Wildman–Crippen LogP) is 3.32. The van der Waals surface area contributed by atoms with Gasteiger partial charge in [0.05, 0.1) is 0 Å². The zero-order valence-corrected chi connectivity index (χ0v) is 9.02. The molecule has 1 rings (SSSR count). The molecule has 0 aliphatic heterocycles. The van der Waals surface area contributed by atoms with Crippen molar-refractivity contribution in [1.29, 1.82) is 0 Å². The summed E-state index contributed by atoms with van der Waals surface area (Å²) < 4.78 is 5.25. The van der Waals surface area contributed by atoms with E-state index >= 15 is 0 Å². The van der Waals surface area contributed by atoms with Crippen LogP contribution in [-0.2, 0) is 5.41 Å². The van der Waals surface area contributed by atoms with E-state index in [1.807, 2.05) is 18.2 Å². The lowest BCUT2D eigenvalue weighted by Crippen LogP contribution is -2.12. The van der Waals surface area contributed by atoms with Gasteiger partial charge in [0.25, 0.3) is 0 Å². The maximum absolute atomic E-state index is 5.25. The Kier molecular flexibility index (Phi) is 3.04. The van der Waals surface area contributed by atoms with Gasteiger partial charge in [0.2, 0.25) is 0 Å². The number of ether oxygens (including phenoxy) is 1. The van der Waals surface area contributed by atoms with Crippen LogP contribution in [-0.4, -0.2) is 5.55 Å². The molecule has 1 aromatic carbocycles. The van der Waals surface area contributed by atoms with E-state index in [1.165, 1.54) is 11.1 Å². The van der Waals surface area contributed by atoms with Crippen molar-refractivity contribution in [1.82, 2.24) is 0 Å². The third kappa shape index (κ3) is 2.52. The lowest BCUT2D eigenvalue weighted by Gasteiger charge is -2.21. The molecule has 0 unspecified atom stereocenters. The second kappa shape index (κ2) is 3.88. The third-order valence-electron chi connectivity index (χ3n) is 1.87. The summed E-state index contributed by atoms with van der Waals surface area (Å²) in [5.74, 6) is 0.852. The van der Waals surface area contributed by atoms with Gasteiger partial charge in [0, 0.05) is 5.56 Å². The summed E-state index contributed by atoms with van der Waals surface area (Å²) >= 11 is 4.67. The molecule has 0 bridgehead atoms. The predicted molar refractivity (Wildman–Crippen MR) is 59.4 cm³/mol. The zero-order valence-electron chi connectivity index (χ0n) is 8.20. The third-order valence-corrected chi connectivity index (χ3v) is 1.97. The second-order valence-electron chi connectivity index (χ2n) is 3.96. The minimum atomic E-state index is 0.0922. The highest BCUT2D eigenvalue weighted by Crippen LogP contribution is 2.30. The van der Waals surface area contributed by atoms with Gasteiger partial charge in [-0.25, -0.2) is 0 Å². The monoisotopic (exact) mass is 194 g/mol. The Labute approximate surface area is 84.7 Å². The molecule has 0 saturated carbocycles. The van der Waals surface area contributed by atoms with Crippen molar-refractivity contribution in [2.24, 2.45) is 0 Å². The van der Waals surface area contributed by atoms with Gasteiger partial charge in [-0.2, -0.15) is 0 Å². The Morgan fingerprint density at radius 3 is 2.38 bits per heavy atom. The van der Waals surface area contributed by atoms with Gasteiger partial charge in [-0.1, -0.05) is 39.0 Å². The fourth-order valence-electron chi connectivity index (χ4n) is 1.24. The molecule has 0 atom stereocenters. The highest BCUT2D eigenvalue weighted by Gasteiger charge is 2.17. The minimum Gasteiger partial charge on any atom is -0.453 e. The molecule has 0 spiro atoms. The fraction of sp³-hybridized carbons (Fsp3) is 0.364. The van der Waals surface area contributed by atoms with Crippen LogP contribution in [0.1, 0.15) is 26.3 Å². The molecule has 0 radical (unpaired) electrons. The van der Waals surface area contributed by atoms with Gasteiger partial charge in [0.15, 0.2) is 5.55 Å². The Hall–Kier alpha value is -0.890. The van der Waals surface area contributed by atoms with E-state index in [-0.39, 0.29) is 5.41 Å². The standard InChI is InChI=1S/C11H14OS/c1-11(2,3)9-6-4-5-7-10(9)12-8-13/h4-8H,1-3H3. The second-order valence-corrected chi connectivity index (χ2v) is 4.15. The van der Waals surface area contributed by atoms with E-state index in [0.29, 0.717) is 0 Å². The van der Waals surface area contributed by atoms with E-state index in [2.05, 4.69) is 39.1 Å². The summed E-state index contributed by atoms with van der Waals surface area (Å²) in [6.07, 6.45) is 0. The SMILES string of the molecule is CC(C)(C)c1ccccc1OC=S. The van der Waals surface area contributed by atoms with Gasteiger partial charge in [-0.3, -0.25) is 0 Å². The number of benzene rings is 1. The van der Waals surface area contributed by atoms with Crippen LogP contribution in [0.4, 0.5) is 0 Å². The Bertz CT molecular complexity index is 299. The normalized spacial score (nSPS) is 11.0. The number of rotatable bonds is 2. The van der Waals surface area contributed by atoms with Crippen molar-refractivity contribution in [3.8, 4) is 5.75 Å². The van der Waals surface area contributed by atoms with E-state index in [1.54, 1.807) is 0 Å². The molecular weight excluding hydrogens is 180 g/mol. The lowest BCUT2D eigenvalue weighted by molar-refractivity contribution is 0.522. The molecule has 0 aromatic heterocycles. The van der Waals surface area contributed by atoms with Crippen molar-refractivity contribution < 1.29 is 4.74 Å². The number of hydrogen-bond acceptors (Lipinski definition) is 2. The molecular formula is C11H14OS. The van der Waals surface area contributed by atoms with Gasteiger partial charge < -0.3 is 4.74 Å². The van der Waals surface area contributed by atoms with Crippen LogP contribution >= 0.6 is 12.2 Å². The van der Waals surface area contributed by atoms with Crippen molar-refractivity contribution in [2.45, 2.75) is 26.2 Å². The molecule has 0 N–H and O–H groups in total. The number of hydrogen-bond donors (Lipinski definition) is 0. The van der Waals surface area contributed by atoms with Gasteiger partial charge in [-0.15, -0.1) is 0 Å². The first-order valence-corrected chi connectivity index (χ1v) is 4.72. The highest BCUT2D eigenvalue weighted by molar-refractivity contribution is 7.78. The molecule has 0 saturated heterocycles. The molecule has 0 amide bonds. The molecule has 1 nitrogen and oxygen atoms in total. The van der Waals surface area contributed by atoms with E-state index < -0.39 is 0 Å². The van der Waals surface area contributed by atoms with Crippen LogP contribution in [0.2, 0.25) is 0 Å². The first kappa shape index (κ1) is 10.2. The van der Waals surface area contributed by atoms with Crippen molar-refractivity contribution in [3.63, 3.8) is 0 Å². The number of thiocarbonyl (C=S) groups is 1. The van der Waals surface area contributed by atoms with Gasteiger partial charge in [0.1, 0.15) is 5.75 Å². The first-order chi connectivity index (χ1) is 6.05. The molecule has 13 heavy (non-hydrogen) atoms. The summed E-state index contributed by atoms with van der Waals surface area (Å²) in [5, 5.41) is 0. The summed E-state index contributed by atoms with van der Waals surface area (Å²) in [6.45, 7) is 6.45. The quantitative estimate of drug-likeness (QED) is 0.668. The molecule has 0 aliphatic rings. The van der Waals surface area contributed by atoms with Crippen LogP contribution in [0.25, 0.3) is 0 Å². The van der Waals surface area contributed by atoms with Crippen LogP contribution < -0.4 is 4.74 Å². The topological polar surface area (TPSA) is 9.23 Å². The highest BCUT2D eigenvalue weighted by atomic mass is 32.1. The van der Waals surface area contributed by atoms with Crippen LogP contribution in [0, 0.1) is 0 Å². The zero-order chi connectivity index (χ0) is 9.90. The molecule has 1 aromatic rings. The summed E-state index contributed by atoms with van der Waals surface area (Å²) in [7, 11) is 0. The number of para-hydroxylation sites is 1. The maximum Gasteiger partial charge on any atom is 0.154 e. The first-order valence-electron chi connectivity index (χ1n) is 4.25. The molecule has 0 heterocycles. The van der Waals surface area contributed by atoms with Crippen LogP contribution in [0.15, 0.2) is 24.3 Å². The smallest absolute Gasteiger partial charge is 0.154 e. The van der Waals surface area contributed by atoms with Crippen LogP contribution in [0.5, 0.6) is 5.75 Å². The summed E-state index contributed by atoms with van der Waals surface area (Å²) in [4.78, 5) is 0. The van der Waals surface area contributed by atoms with E-state index in [0.717, 1.165) is 5.75 Å². The minimum absolute atomic E-state index is 0.0922. The molecule has 0 fully saturated rings.